The fraction of sp³-hybridized carbons (Fsp3) is 0.364. The molecule has 3 rings (SSSR count). The van der Waals surface area contributed by atoms with Crippen molar-refractivity contribution in [3.8, 4) is 5.75 Å². The number of benzene rings is 2. The van der Waals surface area contributed by atoms with Crippen LogP contribution in [0.15, 0.2) is 54.9 Å². The Bertz CT molecular complexity index is 827. The van der Waals surface area contributed by atoms with E-state index in [0.29, 0.717) is 18.6 Å². The number of nitrogens with one attached hydrogen (secondary N) is 1. The largest absolute Gasteiger partial charge is 0.483 e. The molecule has 1 aromatic heterocycles. The summed E-state index contributed by atoms with van der Waals surface area (Å²) in [6.45, 7) is 1.92. The lowest BCUT2D eigenvalue weighted by Crippen LogP contribution is -2.10. The Kier molecular flexibility index (Phi) is 6.42. The number of imidazole rings is 1. The zero-order chi connectivity index (χ0) is 18.2. The van der Waals surface area contributed by atoms with Crippen LogP contribution in [0.4, 0.5) is 0 Å². The summed E-state index contributed by atoms with van der Waals surface area (Å²) in [6, 6.07) is 14.4. The van der Waals surface area contributed by atoms with Crippen LogP contribution in [0.1, 0.15) is 57.4 Å². The molecule has 3 aromatic rings. The van der Waals surface area contributed by atoms with Gasteiger partial charge < -0.3 is 9.72 Å². The molecule has 4 nitrogen and oxygen atoms in total. The molecule has 0 aliphatic carbocycles. The van der Waals surface area contributed by atoms with E-state index in [9.17, 15) is 4.79 Å². The molecule has 0 saturated carbocycles. The number of aromatic nitrogens is 2. The van der Waals surface area contributed by atoms with E-state index in [1.807, 2.05) is 31.3 Å². The SMILES string of the molecule is CCC(=O)CCCCCC(Oc1ccc2ccccc2c1)c1ncc[nH]1. The molecule has 4 heteroatoms. The van der Waals surface area contributed by atoms with E-state index in [0.717, 1.165) is 37.3 Å². The molecule has 0 aliphatic heterocycles. The van der Waals surface area contributed by atoms with E-state index < -0.39 is 0 Å². The van der Waals surface area contributed by atoms with Gasteiger partial charge in [0.2, 0.25) is 0 Å². The Labute approximate surface area is 154 Å². The molecule has 0 fully saturated rings. The monoisotopic (exact) mass is 350 g/mol. The second-order valence-electron chi connectivity index (χ2n) is 6.58. The number of H-pyrrole nitrogens is 1. The van der Waals surface area contributed by atoms with Gasteiger partial charge in [-0.15, -0.1) is 0 Å². The zero-order valence-corrected chi connectivity index (χ0v) is 15.3. The molecule has 0 spiro atoms. The summed E-state index contributed by atoms with van der Waals surface area (Å²) in [7, 11) is 0. The van der Waals surface area contributed by atoms with Gasteiger partial charge in [0, 0.05) is 25.2 Å². The fourth-order valence-corrected chi connectivity index (χ4v) is 3.12. The van der Waals surface area contributed by atoms with Crippen molar-refractivity contribution >= 4 is 16.6 Å². The third-order valence-corrected chi connectivity index (χ3v) is 4.64. The van der Waals surface area contributed by atoms with Crippen LogP contribution >= 0.6 is 0 Å². The molecule has 1 atom stereocenters. The van der Waals surface area contributed by atoms with Gasteiger partial charge in [-0.05, 0) is 42.2 Å². The van der Waals surface area contributed by atoms with Gasteiger partial charge in [0.1, 0.15) is 17.4 Å². The van der Waals surface area contributed by atoms with Crippen molar-refractivity contribution in [1.82, 2.24) is 9.97 Å². The molecule has 26 heavy (non-hydrogen) atoms. The minimum atomic E-state index is -0.104. The molecule has 0 bridgehead atoms. The van der Waals surface area contributed by atoms with Crippen molar-refractivity contribution in [1.29, 1.82) is 0 Å². The minimum absolute atomic E-state index is 0.104. The van der Waals surface area contributed by atoms with E-state index >= 15 is 0 Å². The van der Waals surface area contributed by atoms with Crippen LogP contribution in [0.5, 0.6) is 5.75 Å². The number of rotatable bonds is 10. The summed E-state index contributed by atoms with van der Waals surface area (Å²) in [6.07, 6.45) is 8.67. The average Bonchev–Trinajstić information content (AvgIpc) is 3.21. The molecule has 1 unspecified atom stereocenters. The summed E-state index contributed by atoms with van der Waals surface area (Å²) in [5, 5.41) is 2.37. The number of nitrogens with zero attached hydrogens (tertiary/aromatic N) is 1. The Morgan fingerprint density at radius 1 is 1.12 bits per heavy atom. The average molecular weight is 350 g/mol. The number of Topliss-reactive ketones (excluding diaryl/α,β-unsaturated/α-hetero) is 1. The second kappa shape index (κ2) is 9.18. The molecule has 0 saturated heterocycles. The molecule has 0 aliphatic rings. The number of fused-ring (bicyclic) bond motifs is 1. The normalized spacial score (nSPS) is 12.2. The van der Waals surface area contributed by atoms with Crippen LogP contribution in [-0.4, -0.2) is 15.8 Å². The van der Waals surface area contributed by atoms with Gasteiger partial charge in [-0.25, -0.2) is 4.98 Å². The molecule has 2 aromatic carbocycles. The Balaban J connectivity index is 1.61. The smallest absolute Gasteiger partial charge is 0.156 e. The van der Waals surface area contributed by atoms with Crippen LogP contribution in [0.2, 0.25) is 0 Å². The highest BCUT2D eigenvalue weighted by Crippen LogP contribution is 2.27. The predicted octanol–water partition coefficient (Wildman–Crippen LogP) is 5.61. The first-order valence-electron chi connectivity index (χ1n) is 9.42. The second-order valence-corrected chi connectivity index (χ2v) is 6.58. The molecular weight excluding hydrogens is 324 g/mol. The van der Waals surface area contributed by atoms with Crippen molar-refractivity contribution in [2.75, 3.05) is 0 Å². The maximum atomic E-state index is 11.4. The highest BCUT2D eigenvalue weighted by molar-refractivity contribution is 5.83. The molecule has 0 amide bonds. The van der Waals surface area contributed by atoms with E-state index in [4.69, 9.17) is 4.74 Å². The van der Waals surface area contributed by atoms with Crippen molar-refractivity contribution in [3.63, 3.8) is 0 Å². The highest BCUT2D eigenvalue weighted by Gasteiger charge is 2.16. The number of hydrogen-bond acceptors (Lipinski definition) is 3. The third-order valence-electron chi connectivity index (χ3n) is 4.64. The van der Waals surface area contributed by atoms with Crippen LogP contribution in [0.25, 0.3) is 10.8 Å². The lowest BCUT2D eigenvalue weighted by atomic mass is 10.1. The minimum Gasteiger partial charge on any atom is -0.483 e. The van der Waals surface area contributed by atoms with Crippen LogP contribution in [0, 0.1) is 0 Å². The Hall–Kier alpha value is -2.62. The summed E-state index contributed by atoms with van der Waals surface area (Å²) in [5.41, 5.74) is 0. The number of hydrogen-bond donors (Lipinski definition) is 1. The van der Waals surface area contributed by atoms with Crippen molar-refractivity contribution < 1.29 is 9.53 Å². The van der Waals surface area contributed by atoms with E-state index in [1.165, 1.54) is 10.8 Å². The van der Waals surface area contributed by atoms with Crippen LogP contribution < -0.4 is 4.74 Å². The van der Waals surface area contributed by atoms with Crippen molar-refractivity contribution in [2.45, 2.75) is 51.6 Å². The first kappa shape index (κ1) is 18.2. The summed E-state index contributed by atoms with van der Waals surface area (Å²) < 4.78 is 6.26. The summed E-state index contributed by atoms with van der Waals surface area (Å²) >= 11 is 0. The van der Waals surface area contributed by atoms with Crippen LogP contribution in [-0.2, 0) is 4.79 Å². The Morgan fingerprint density at radius 2 is 1.96 bits per heavy atom. The maximum absolute atomic E-state index is 11.4. The van der Waals surface area contributed by atoms with E-state index in [-0.39, 0.29) is 6.10 Å². The van der Waals surface area contributed by atoms with Gasteiger partial charge >= 0.3 is 0 Å². The lowest BCUT2D eigenvalue weighted by Gasteiger charge is -2.18. The number of carbonyl (C=O) groups is 1. The first-order chi connectivity index (χ1) is 12.8. The van der Waals surface area contributed by atoms with Gasteiger partial charge in [-0.3, -0.25) is 4.79 Å². The van der Waals surface area contributed by atoms with Gasteiger partial charge in [-0.2, -0.15) is 0 Å². The topological polar surface area (TPSA) is 55.0 Å². The summed E-state index contributed by atoms with van der Waals surface area (Å²) in [5.74, 6) is 2.05. The third kappa shape index (κ3) is 4.94. The maximum Gasteiger partial charge on any atom is 0.156 e. The quantitative estimate of drug-likeness (QED) is 0.483. The molecule has 136 valence electrons. The van der Waals surface area contributed by atoms with E-state index in [1.54, 1.807) is 6.20 Å². The number of ketones is 1. The van der Waals surface area contributed by atoms with Gasteiger partial charge in [-0.1, -0.05) is 43.7 Å². The Morgan fingerprint density at radius 3 is 2.73 bits per heavy atom. The van der Waals surface area contributed by atoms with Gasteiger partial charge in [0.25, 0.3) is 0 Å². The standard InChI is InChI=1S/C22H26N2O2/c1-2-19(25)10-4-3-5-11-21(22-23-14-15-24-22)26-20-13-12-17-8-6-7-9-18(17)16-20/h6-9,12-16,21H,2-5,10-11H2,1H3,(H,23,24). The first-order valence-corrected chi connectivity index (χ1v) is 9.42. The predicted molar refractivity (Wildman–Crippen MR) is 104 cm³/mol. The van der Waals surface area contributed by atoms with Gasteiger partial charge in [0.15, 0.2) is 6.10 Å². The van der Waals surface area contributed by atoms with Gasteiger partial charge in [0.05, 0.1) is 0 Å². The van der Waals surface area contributed by atoms with Crippen molar-refractivity contribution in [3.05, 3.63) is 60.7 Å². The highest BCUT2D eigenvalue weighted by atomic mass is 16.5. The van der Waals surface area contributed by atoms with Crippen LogP contribution in [0.3, 0.4) is 0 Å². The summed E-state index contributed by atoms with van der Waals surface area (Å²) in [4.78, 5) is 19.0. The zero-order valence-electron chi connectivity index (χ0n) is 15.3. The molecule has 1 N–H and O–H groups in total. The fourth-order valence-electron chi connectivity index (χ4n) is 3.12. The van der Waals surface area contributed by atoms with E-state index in [2.05, 4.69) is 34.2 Å². The number of ether oxygens (including phenoxy) is 1. The van der Waals surface area contributed by atoms with Crippen molar-refractivity contribution in [2.24, 2.45) is 0 Å². The number of carbonyl (C=O) groups excluding carboxylic acids is 1. The lowest BCUT2D eigenvalue weighted by molar-refractivity contribution is -0.118. The number of unbranched alkanes of at least 4 members (excludes halogenated alkanes) is 2. The molecular formula is C22H26N2O2. The molecule has 1 heterocycles. The number of aromatic amines is 1. The molecule has 0 radical (unpaired) electrons.